The predicted molar refractivity (Wildman–Crippen MR) is 81.5 cm³/mol. The first-order valence-electron chi connectivity index (χ1n) is 8.16. The smallest absolute Gasteiger partial charge is 0.350 e. The second kappa shape index (κ2) is 6.58. The van der Waals surface area contributed by atoms with Crippen LogP contribution < -0.4 is 10.9 Å². The van der Waals surface area contributed by atoms with Gasteiger partial charge in [0.2, 0.25) is 5.91 Å². The molecule has 2 fully saturated rings. The lowest BCUT2D eigenvalue weighted by Crippen LogP contribution is -2.48. The molecule has 1 aromatic rings. The number of carbonyl (C=O) groups excluding carboxylic acids is 1. The summed E-state index contributed by atoms with van der Waals surface area (Å²) in [5, 5.41) is 2.89. The highest BCUT2D eigenvalue weighted by Gasteiger charge is 2.36. The number of hydrogen-bond donors (Lipinski definition) is 1. The molecule has 3 rings (SSSR count). The minimum atomic E-state index is -4.54. The first-order chi connectivity index (χ1) is 11.3. The molecule has 2 aliphatic heterocycles. The number of nitrogens with zero attached hydrogens (tertiary/aromatic N) is 2. The van der Waals surface area contributed by atoms with Gasteiger partial charge in [-0.15, -0.1) is 0 Å². The van der Waals surface area contributed by atoms with E-state index in [1.54, 1.807) is 0 Å². The molecule has 1 aromatic heterocycles. The van der Waals surface area contributed by atoms with Crippen LogP contribution in [-0.2, 0) is 17.5 Å². The van der Waals surface area contributed by atoms with Crippen molar-refractivity contribution >= 4 is 5.91 Å². The summed E-state index contributed by atoms with van der Waals surface area (Å²) in [6.45, 7) is 1.56. The molecule has 2 saturated heterocycles. The van der Waals surface area contributed by atoms with Gasteiger partial charge in [-0.25, -0.2) is 0 Å². The van der Waals surface area contributed by atoms with Crippen molar-refractivity contribution in [3.8, 4) is 0 Å². The van der Waals surface area contributed by atoms with Gasteiger partial charge in [0.25, 0.3) is 5.56 Å². The van der Waals surface area contributed by atoms with Crippen LogP contribution >= 0.6 is 0 Å². The molecule has 8 heteroatoms. The van der Waals surface area contributed by atoms with Gasteiger partial charge in [-0.3, -0.25) is 14.5 Å². The maximum atomic E-state index is 12.7. The van der Waals surface area contributed by atoms with Crippen molar-refractivity contribution < 1.29 is 18.0 Å². The molecule has 0 bridgehead atoms. The van der Waals surface area contributed by atoms with Crippen LogP contribution in [0.25, 0.3) is 0 Å². The van der Waals surface area contributed by atoms with Crippen LogP contribution in [0.3, 0.4) is 0 Å². The van der Waals surface area contributed by atoms with Gasteiger partial charge in [-0.2, -0.15) is 13.2 Å². The number of rotatable bonds is 3. The zero-order chi connectivity index (χ0) is 17.3. The van der Waals surface area contributed by atoms with Gasteiger partial charge in [0, 0.05) is 30.9 Å². The Balaban J connectivity index is 1.66. The fourth-order valence-corrected chi connectivity index (χ4v) is 3.65. The third-order valence-corrected chi connectivity index (χ3v) is 4.83. The Morgan fingerprint density at radius 3 is 2.75 bits per heavy atom. The Morgan fingerprint density at radius 2 is 2.00 bits per heavy atom. The van der Waals surface area contributed by atoms with E-state index in [9.17, 15) is 22.8 Å². The number of halogens is 3. The summed E-state index contributed by atoms with van der Waals surface area (Å²) in [4.78, 5) is 26.2. The van der Waals surface area contributed by atoms with E-state index in [0.717, 1.165) is 55.5 Å². The summed E-state index contributed by atoms with van der Waals surface area (Å²) in [5.41, 5.74) is -1.56. The van der Waals surface area contributed by atoms with Crippen LogP contribution in [0.1, 0.15) is 31.2 Å². The molecule has 0 radical (unpaired) electrons. The molecule has 2 atom stereocenters. The van der Waals surface area contributed by atoms with Gasteiger partial charge >= 0.3 is 6.18 Å². The van der Waals surface area contributed by atoms with E-state index >= 15 is 0 Å². The minimum absolute atomic E-state index is 0.0132. The van der Waals surface area contributed by atoms with E-state index in [-0.39, 0.29) is 6.04 Å². The van der Waals surface area contributed by atoms with Crippen molar-refractivity contribution in [3.63, 3.8) is 0 Å². The second-order valence-electron chi connectivity index (χ2n) is 6.44. The third-order valence-electron chi connectivity index (χ3n) is 4.83. The molecule has 0 saturated carbocycles. The Kier molecular flexibility index (Phi) is 4.67. The van der Waals surface area contributed by atoms with E-state index in [1.807, 2.05) is 0 Å². The molecular formula is C16H20F3N3O2. The molecule has 5 nitrogen and oxygen atoms in total. The number of amides is 1. The number of hydrogen-bond acceptors (Lipinski definition) is 3. The molecule has 0 spiro atoms. The van der Waals surface area contributed by atoms with E-state index in [4.69, 9.17) is 0 Å². The van der Waals surface area contributed by atoms with Crippen molar-refractivity contribution in [1.29, 1.82) is 0 Å². The topological polar surface area (TPSA) is 54.3 Å². The number of carbonyl (C=O) groups is 1. The zero-order valence-electron chi connectivity index (χ0n) is 13.2. The molecule has 0 unspecified atom stereocenters. The van der Waals surface area contributed by atoms with Crippen molar-refractivity contribution in [3.05, 3.63) is 34.2 Å². The summed E-state index contributed by atoms with van der Waals surface area (Å²) >= 11 is 0. The number of nitrogens with one attached hydrogen (secondary N) is 1. The Morgan fingerprint density at radius 1 is 1.21 bits per heavy atom. The summed E-state index contributed by atoms with van der Waals surface area (Å²) in [7, 11) is 0. The molecule has 24 heavy (non-hydrogen) atoms. The number of aromatic nitrogens is 1. The molecule has 132 valence electrons. The number of pyridine rings is 1. The summed E-state index contributed by atoms with van der Waals surface area (Å²) < 4.78 is 39.0. The average Bonchev–Trinajstić information content (AvgIpc) is 2.91. The Hall–Kier alpha value is -1.83. The van der Waals surface area contributed by atoms with Gasteiger partial charge < -0.3 is 9.88 Å². The van der Waals surface area contributed by atoms with E-state index in [2.05, 4.69) is 10.2 Å². The quantitative estimate of drug-likeness (QED) is 0.907. The normalized spacial score (nSPS) is 24.6. The molecule has 3 heterocycles. The standard InChI is InChI=1S/C16H20F3N3O2/c17-16(18,19)11-4-5-15(24)22(9-11)10-14(23)20-12-6-8-21-7-2-1-3-13(12)21/h4-5,9,12-13H,1-3,6-8,10H2,(H,20,23)/t12-,13-/m1/s1. The SMILES string of the molecule is O=C(Cn1cc(C(F)(F)F)ccc1=O)N[C@@H]1CCN2CCCC[C@H]12. The zero-order valence-corrected chi connectivity index (χ0v) is 13.2. The van der Waals surface area contributed by atoms with Gasteiger partial charge in [0.15, 0.2) is 0 Å². The van der Waals surface area contributed by atoms with Crippen molar-refractivity contribution in [2.75, 3.05) is 13.1 Å². The molecule has 2 aliphatic rings. The van der Waals surface area contributed by atoms with E-state index in [0.29, 0.717) is 12.2 Å². The average molecular weight is 343 g/mol. The maximum Gasteiger partial charge on any atom is 0.417 e. The van der Waals surface area contributed by atoms with Gasteiger partial charge in [0.05, 0.1) is 5.56 Å². The van der Waals surface area contributed by atoms with Crippen molar-refractivity contribution in [2.45, 2.75) is 50.5 Å². The summed E-state index contributed by atoms with van der Waals surface area (Å²) in [6, 6.07) is 1.89. The van der Waals surface area contributed by atoms with Gasteiger partial charge in [-0.05, 0) is 31.9 Å². The number of fused-ring (bicyclic) bond motifs is 1. The van der Waals surface area contributed by atoms with Crippen LogP contribution in [0, 0.1) is 0 Å². The summed E-state index contributed by atoms with van der Waals surface area (Å²) in [5.74, 6) is -0.422. The number of piperidine rings is 1. The lowest BCUT2D eigenvalue weighted by molar-refractivity contribution is -0.138. The van der Waals surface area contributed by atoms with Crippen LogP contribution in [0.15, 0.2) is 23.1 Å². The largest absolute Gasteiger partial charge is 0.417 e. The monoisotopic (exact) mass is 343 g/mol. The Bertz CT molecular complexity index is 671. The van der Waals surface area contributed by atoms with Crippen LogP contribution in [-0.4, -0.2) is 40.5 Å². The minimum Gasteiger partial charge on any atom is -0.350 e. The Labute approximate surface area is 137 Å². The maximum absolute atomic E-state index is 12.7. The van der Waals surface area contributed by atoms with Gasteiger partial charge in [-0.1, -0.05) is 6.42 Å². The first-order valence-corrected chi connectivity index (χ1v) is 8.16. The molecular weight excluding hydrogens is 323 g/mol. The van der Waals surface area contributed by atoms with Crippen molar-refractivity contribution in [1.82, 2.24) is 14.8 Å². The highest BCUT2D eigenvalue weighted by molar-refractivity contribution is 5.76. The van der Waals surface area contributed by atoms with Gasteiger partial charge in [0.1, 0.15) is 6.54 Å². The fraction of sp³-hybridized carbons (Fsp3) is 0.625. The highest BCUT2D eigenvalue weighted by Crippen LogP contribution is 2.28. The number of alkyl halides is 3. The third kappa shape index (κ3) is 3.63. The highest BCUT2D eigenvalue weighted by atomic mass is 19.4. The van der Waals surface area contributed by atoms with Crippen molar-refractivity contribution in [2.24, 2.45) is 0 Å². The molecule has 0 aromatic carbocycles. The molecule has 1 amide bonds. The predicted octanol–water partition coefficient (Wildman–Crippen LogP) is 1.61. The van der Waals surface area contributed by atoms with Crippen LogP contribution in [0.4, 0.5) is 13.2 Å². The lowest BCUT2D eigenvalue weighted by Gasteiger charge is -2.32. The lowest BCUT2D eigenvalue weighted by atomic mass is 9.99. The first kappa shape index (κ1) is 17.0. The van der Waals surface area contributed by atoms with Crippen LogP contribution in [0.5, 0.6) is 0 Å². The van der Waals surface area contributed by atoms with E-state index in [1.165, 1.54) is 0 Å². The molecule has 0 aliphatic carbocycles. The van der Waals surface area contributed by atoms with E-state index < -0.39 is 29.8 Å². The van der Waals surface area contributed by atoms with Crippen LogP contribution in [0.2, 0.25) is 0 Å². The summed E-state index contributed by atoms with van der Waals surface area (Å²) in [6.07, 6.45) is 0.309. The second-order valence-corrected chi connectivity index (χ2v) is 6.44. The fourth-order valence-electron chi connectivity index (χ4n) is 3.65. The molecule has 1 N–H and O–H groups in total.